The van der Waals surface area contributed by atoms with Gasteiger partial charge in [-0.2, -0.15) is 10.1 Å². The smallest absolute Gasteiger partial charge is 0.350 e. The van der Waals surface area contributed by atoms with E-state index in [9.17, 15) is 9.59 Å². The molecule has 0 N–H and O–H groups in total. The summed E-state index contributed by atoms with van der Waals surface area (Å²) in [5, 5.41) is 5.12. The standard InChI is InChI=1S/C34H36Cl2N6O5/c1-3-24(2)42-33(44)41(22-38-42)28-7-5-26(6-8-28)39-14-16-40(17-15-39)27-9-11-29(12-10-27)45-19-30-20-46-34(47-30,21-37-23-43)31-13-4-25(35)18-32(31)36/h4-13,18,22,24,30H,3,14-17,19-21H2,1-2H3/t24?,30-,34-/m0/s1. The zero-order chi connectivity index (χ0) is 33.0. The van der Waals surface area contributed by atoms with Crippen LogP contribution in [0.4, 0.5) is 11.4 Å². The van der Waals surface area contributed by atoms with Crippen molar-refractivity contribution in [3.05, 3.63) is 99.2 Å². The van der Waals surface area contributed by atoms with Crippen molar-refractivity contribution < 1.29 is 19.0 Å². The third-order valence-electron chi connectivity index (χ3n) is 8.67. The summed E-state index contributed by atoms with van der Waals surface area (Å²) in [4.78, 5) is 32.1. The first-order valence-corrected chi connectivity index (χ1v) is 16.4. The van der Waals surface area contributed by atoms with Crippen LogP contribution in [0, 0.1) is 0 Å². The van der Waals surface area contributed by atoms with Crippen molar-refractivity contribution in [2.75, 3.05) is 55.7 Å². The van der Waals surface area contributed by atoms with Gasteiger partial charge in [-0.3, -0.25) is 0 Å². The Balaban J connectivity index is 1.01. The molecule has 47 heavy (non-hydrogen) atoms. The minimum atomic E-state index is -1.32. The number of isocyanates is 1. The molecule has 2 fully saturated rings. The predicted octanol–water partition coefficient (Wildman–Crippen LogP) is 5.62. The van der Waals surface area contributed by atoms with Crippen molar-refractivity contribution in [2.45, 2.75) is 38.2 Å². The van der Waals surface area contributed by atoms with E-state index < -0.39 is 11.9 Å². The minimum Gasteiger partial charge on any atom is -0.491 e. The predicted molar refractivity (Wildman–Crippen MR) is 181 cm³/mol. The van der Waals surface area contributed by atoms with Gasteiger partial charge in [-0.05, 0) is 74.0 Å². The lowest BCUT2D eigenvalue weighted by Crippen LogP contribution is -2.46. The van der Waals surface area contributed by atoms with Crippen LogP contribution < -0.4 is 20.2 Å². The molecule has 0 radical (unpaired) electrons. The second-order valence-electron chi connectivity index (χ2n) is 11.6. The number of nitrogens with zero attached hydrogens (tertiary/aromatic N) is 6. The van der Waals surface area contributed by atoms with Gasteiger partial charge in [-0.15, -0.1) is 0 Å². The first-order chi connectivity index (χ1) is 22.8. The summed E-state index contributed by atoms with van der Waals surface area (Å²) < 4.78 is 21.4. The van der Waals surface area contributed by atoms with E-state index in [2.05, 4.69) is 44.2 Å². The quantitative estimate of drug-likeness (QED) is 0.149. The van der Waals surface area contributed by atoms with Gasteiger partial charge in [-0.25, -0.2) is 18.8 Å². The van der Waals surface area contributed by atoms with E-state index in [0.717, 1.165) is 49.7 Å². The van der Waals surface area contributed by atoms with Crippen LogP contribution in [0.3, 0.4) is 0 Å². The molecule has 4 aromatic rings. The summed E-state index contributed by atoms with van der Waals surface area (Å²) in [6, 6.07) is 21.1. The molecule has 0 aliphatic carbocycles. The molecule has 2 saturated heterocycles. The van der Waals surface area contributed by atoms with Gasteiger partial charge >= 0.3 is 5.69 Å². The molecular weight excluding hydrogens is 643 g/mol. The monoisotopic (exact) mass is 678 g/mol. The maximum atomic E-state index is 12.8. The fraction of sp³-hybridized carbons (Fsp3) is 0.382. The SMILES string of the molecule is CCC(C)n1ncn(-c2ccc(N3CCN(c4ccc(OC[C@H]5CO[C@](CN=C=O)(c6ccc(Cl)cc6Cl)O5)cc4)CC3)cc2)c1=O. The van der Waals surface area contributed by atoms with Gasteiger partial charge in [0.2, 0.25) is 11.9 Å². The summed E-state index contributed by atoms with van der Waals surface area (Å²) >= 11 is 12.5. The number of ether oxygens (including phenoxy) is 3. The number of piperazine rings is 1. The molecule has 246 valence electrons. The van der Waals surface area contributed by atoms with Crippen LogP contribution >= 0.6 is 23.2 Å². The lowest BCUT2D eigenvalue weighted by atomic mass is 10.1. The molecule has 0 bridgehead atoms. The average molecular weight is 680 g/mol. The summed E-state index contributed by atoms with van der Waals surface area (Å²) in [6.45, 7) is 7.90. The van der Waals surface area contributed by atoms with Crippen molar-refractivity contribution in [1.29, 1.82) is 0 Å². The second kappa shape index (κ2) is 14.3. The van der Waals surface area contributed by atoms with Crippen molar-refractivity contribution >= 4 is 40.7 Å². The number of carbonyl (C=O) groups excluding carboxylic acids is 1. The molecule has 0 amide bonds. The van der Waals surface area contributed by atoms with E-state index >= 15 is 0 Å². The Morgan fingerprint density at radius 3 is 2.26 bits per heavy atom. The first-order valence-electron chi connectivity index (χ1n) is 15.6. The molecule has 3 aromatic carbocycles. The fourth-order valence-corrected chi connectivity index (χ4v) is 6.40. The lowest BCUT2D eigenvalue weighted by molar-refractivity contribution is -0.170. The number of halogens is 2. The van der Waals surface area contributed by atoms with Gasteiger partial charge in [0.05, 0.1) is 23.4 Å². The molecule has 0 saturated carbocycles. The topological polar surface area (TPSA) is 103 Å². The van der Waals surface area contributed by atoms with Crippen molar-refractivity contribution in [2.24, 2.45) is 4.99 Å². The van der Waals surface area contributed by atoms with Crippen molar-refractivity contribution in [3.63, 3.8) is 0 Å². The highest BCUT2D eigenvalue weighted by molar-refractivity contribution is 6.35. The zero-order valence-electron chi connectivity index (χ0n) is 26.2. The molecular formula is C34H36Cl2N6O5. The van der Waals surface area contributed by atoms with E-state index in [0.29, 0.717) is 21.4 Å². The molecule has 6 rings (SSSR count). The van der Waals surface area contributed by atoms with Crippen LogP contribution in [0.5, 0.6) is 5.75 Å². The van der Waals surface area contributed by atoms with Crippen LogP contribution in [-0.2, 0) is 20.1 Å². The Kier molecular flexibility index (Phi) is 10.0. The van der Waals surface area contributed by atoms with E-state index in [1.807, 2.05) is 38.1 Å². The molecule has 3 heterocycles. The molecule has 13 heteroatoms. The Bertz CT molecular complexity index is 1780. The van der Waals surface area contributed by atoms with Crippen LogP contribution in [0.2, 0.25) is 10.0 Å². The van der Waals surface area contributed by atoms with E-state index in [4.69, 9.17) is 37.4 Å². The van der Waals surface area contributed by atoms with E-state index in [1.165, 1.54) is 4.68 Å². The largest absolute Gasteiger partial charge is 0.491 e. The number of aromatic nitrogens is 3. The average Bonchev–Trinajstić information content (AvgIpc) is 3.70. The van der Waals surface area contributed by atoms with Gasteiger partial charge in [0.25, 0.3) is 0 Å². The Morgan fingerprint density at radius 1 is 1.00 bits per heavy atom. The van der Waals surface area contributed by atoms with Crippen LogP contribution in [0.25, 0.3) is 5.69 Å². The first kappa shape index (κ1) is 32.8. The maximum Gasteiger partial charge on any atom is 0.350 e. The normalized spacial score (nSPS) is 20.2. The molecule has 1 unspecified atom stereocenters. The number of hydrogen-bond donors (Lipinski definition) is 0. The zero-order valence-corrected chi connectivity index (χ0v) is 27.7. The van der Waals surface area contributed by atoms with E-state index in [-0.39, 0.29) is 31.5 Å². The number of aliphatic imine (C=N–C) groups is 1. The molecule has 2 aliphatic rings. The third-order valence-corrected chi connectivity index (χ3v) is 9.21. The second-order valence-corrected chi connectivity index (χ2v) is 12.5. The van der Waals surface area contributed by atoms with Gasteiger partial charge in [0.15, 0.2) is 0 Å². The number of rotatable bonds is 11. The highest BCUT2D eigenvalue weighted by Gasteiger charge is 2.45. The van der Waals surface area contributed by atoms with Gasteiger partial charge in [0.1, 0.15) is 31.3 Å². The van der Waals surface area contributed by atoms with Crippen molar-refractivity contribution in [1.82, 2.24) is 14.3 Å². The van der Waals surface area contributed by atoms with Crippen molar-refractivity contribution in [3.8, 4) is 11.4 Å². The number of hydrogen-bond acceptors (Lipinski definition) is 9. The summed E-state index contributed by atoms with van der Waals surface area (Å²) in [5.41, 5.74) is 3.46. The minimum absolute atomic E-state index is 0.0593. The number of benzene rings is 3. The van der Waals surface area contributed by atoms with Gasteiger partial charge in [-0.1, -0.05) is 36.2 Å². The third kappa shape index (κ3) is 7.10. The number of anilines is 2. The summed E-state index contributed by atoms with van der Waals surface area (Å²) in [7, 11) is 0. The molecule has 1 aromatic heterocycles. The van der Waals surface area contributed by atoms with Crippen LogP contribution in [-0.4, -0.2) is 72.5 Å². The van der Waals surface area contributed by atoms with Gasteiger partial charge in [0, 0.05) is 48.1 Å². The maximum absolute atomic E-state index is 12.8. The highest BCUT2D eigenvalue weighted by Crippen LogP contribution is 2.39. The molecule has 11 nitrogen and oxygen atoms in total. The lowest BCUT2D eigenvalue weighted by Gasteiger charge is -2.37. The Hall–Kier alpha value is -4.12. The molecule has 3 atom stereocenters. The Labute approximate surface area is 282 Å². The molecule has 0 spiro atoms. The van der Waals surface area contributed by atoms with Crippen LogP contribution in [0.1, 0.15) is 31.9 Å². The summed E-state index contributed by atoms with van der Waals surface area (Å²) in [6.07, 6.45) is 3.57. The van der Waals surface area contributed by atoms with Crippen LogP contribution in [0.15, 0.2) is 82.8 Å². The Morgan fingerprint density at radius 2 is 1.64 bits per heavy atom. The molecule has 2 aliphatic heterocycles. The van der Waals surface area contributed by atoms with Gasteiger partial charge < -0.3 is 24.0 Å². The highest BCUT2D eigenvalue weighted by atomic mass is 35.5. The van der Waals surface area contributed by atoms with E-state index in [1.54, 1.807) is 35.2 Å². The fourth-order valence-electron chi connectivity index (χ4n) is 5.85. The summed E-state index contributed by atoms with van der Waals surface area (Å²) in [5.74, 6) is -0.615.